The molecule has 4 nitrogen and oxygen atoms in total. The van der Waals surface area contributed by atoms with Crippen LogP contribution < -0.4 is 0 Å². The van der Waals surface area contributed by atoms with Crippen LogP contribution in [0.25, 0.3) is 0 Å². The van der Waals surface area contributed by atoms with E-state index >= 15 is 0 Å². The van der Waals surface area contributed by atoms with Crippen molar-refractivity contribution in [2.24, 2.45) is 7.05 Å². The minimum atomic E-state index is -0.350. The molecule has 0 N–H and O–H groups in total. The predicted molar refractivity (Wildman–Crippen MR) is 63.5 cm³/mol. The van der Waals surface area contributed by atoms with Gasteiger partial charge in [-0.05, 0) is 18.6 Å². The van der Waals surface area contributed by atoms with Gasteiger partial charge in [0.05, 0.1) is 5.69 Å². The van der Waals surface area contributed by atoms with Crippen molar-refractivity contribution in [3.05, 3.63) is 53.3 Å². The Hall–Kier alpha value is -2.10. The average molecular weight is 230 g/mol. The highest BCUT2D eigenvalue weighted by molar-refractivity contribution is 5.87. The molecule has 0 spiro atoms. The molecular formula is C13H14N2O2. The number of ether oxygens (including phenoxy) is 1. The van der Waals surface area contributed by atoms with E-state index in [-0.39, 0.29) is 12.6 Å². The SMILES string of the molecule is Cc1cc(C(=O)OCc2ccccc2)n(C)n1. The van der Waals surface area contributed by atoms with E-state index in [9.17, 15) is 4.79 Å². The van der Waals surface area contributed by atoms with E-state index in [0.29, 0.717) is 5.69 Å². The predicted octanol–water partition coefficient (Wildman–Crippen LogP) is 2.09. The van der Waals surface area contributed by atoms with Crippen LogP contribution in [-0.2, 0) is 18.4 Å². The Morgan fingerprint density at radius 1 is 1.35 bits per heavy atom. The Balaban J connectivity index is 2.01. The third kappa shape index (κ3) is 2.72. The lowest BCUT2D eigenvalue weighted by molar-refractivity contribution is 0.0460. The van der Waals surface area contributed by atoms with Gasteiger partial charge in [-0.2, -0.15) is 5.10 Å². The fourth-order valence-corrected chi connectivity index (χ4v) is 1.60. The molecule has 0 bridgehead atoms. The van der Waals surface area contributed by atoms with Crippen LogP contribution in [0.15, 0.2) is 36.4 Å². The van der Waals surface area contributed by atoms with Crippen molar-refractivity contribution in [2.45, 2.75) is 13.5 Å². The molecule has 0 saturated heterocycles. The first-order chi connectivity index (χ1) is 8.16. The van der Waals surface area contributed by atoms with E-state index in [0.717, 1.165) is 11.3 Å². The summed E-state index contributed by atoms with van der Waals surface area (Å²) in [6.45, 7) is 2.12. The number of esters is 1. The largest absolute Gasteiger partial charge is 0.456 e. The Morgan fingerprint density at radius 3 is 2.65 bits per heavy atom. The van der Waals surface area contributed by atoms with Crippen LogP contribution in [0.4, 0.5) is 0 Å². The third-order valence-corrected chi connectivity index (χ3v) is 2.42. The average Bonchev–Trinajstić information content (AvgIpc) is 2.67. The number of nitrogens with zero attached hydrogens (tertiary/aromatic N) is 2. The van der Waals surface area contributed by atoms with Crippen LogP contribution in [0.5, 0.6) is 0 Å². The molecule has 4 heteroatoms. The number of hydrogen-bond donors (Lipinski definition) is 0. The zero-order valence-electron chi connectivity index (χ0n) is 9.88. The molecular weight excluding hydrogens is 216 g/mol. The van der Waals surface area contributed by atoms with Gasteiger partial charge in [0.1, 0.15) is 12.3 Å². The van der Waals surface area contributed by atoms with Gasteiger partial charge in [-0.25, -0.2) is 4.79 Å². The molecule has 0 unspecified atom stereocenters. The van der Waals surface area contributed by atoms with Crippen molar-refractivity contribution in [3.8, 4) is 0 Å². The minimum Gasteiger partial charge on any atom is -0.456 e. The summed E-state index contributed by atoms with van der Waals surface area (Å²) < 4.78 is 6.74. The smallest absolute Gasteiger partial charge is 0.356 e. The first-order valence-corrected chi connectivity index (χ1v) is 5.38. The first kappa shape index (κ1) is 11.4. The van der Waals surface area contributed by atoms with Crippen molar-refractivity contribution < 1.29 is 9.53 Å². The molecule has 1 heterocycles. The lowest BCUT2D eigenvalue weighted by Crippen LogP contribution is -2.10. The molecule has 0 atom stereocenters. The highest BCUT2D eigenvalue weighted by Crippen LogP contribution is 2.07. The molecule has 17 heavy (non-hydrogen) atoms. The summed E-state index contributed by atoms with van der Waals surface area (Å²) in [6.07, 6.45) is 0. The molecule has 1 aromatic heterocycles. The third-order valence-electron chi connectivity index (χ3n) is 2.42. The van der Waals surface area contributed by atoms with Gasteiger partial charge in [0.25, 0.3) is 0 Å². The summed E-state index contributed by atoms with van der Waals surface area (Å²) in [5.74, 6) is -0.350. The lowest BCUT2D eigenvalue weighted by Gasteiger charge is -2.04. The molecule has 0 radical (unpaired) electrons. The van der Waals surface area contributed by atoms with Gasteiger partial charge in [-0.1, -0.05) is 30.3 Å². The van der Waals surface area contributed by atoms with E-state index in [1.54, 1.807) is 13.1 Å². The standard InChI is InChI=1S/C13H14N2O2/c1-10-8-12(15(2)14-10)13(16)17-9-11-6-4-3-5-7-11/h3-8H,9H2,1-2H3. The van der Waals surface area contributed by atoms with Crippen molar-refractivity contribution in [3.63, 3.8) is 0 Å². The Kier molecular flexibility index (Phi) is 3.23. The van der Waals surface area contributed by atoms with Crippen molar-refractivity contribution in [1.82, 2.24) is 9.78 Å². The van der Waals surface area contributed by atoms with Gasteiger partial charge in [0.15, 0.2) is 0 Å². The molecule has 2 aromatic rings. The number of aryl methyl sites for hydroxylation is 2. The Morgan fingerprint density at radius 2 is 2.06 bits per heavy atom. The monoisotopic (exact) mass is 230 g/mol. The summed E-state index contributed by atoms with van der Waals surface area (Å²) in [6, 6.07) is 11.3. The summed E-state index contributed by atoms with van der Waals surface area (Å²) >= 11 is 0. The van der Waals surface area contributed by atoms with Crippen molar-refractivity contribution >= 4 is 5.97 Å². The van der Waals surface area contributed by atoms with Gasteiger partial charge >= 0.3 is 5.97 Å². The van der Waals surface area contributed by atoms with Gasteiger partial charge < -0.3 is 4.74 Å². The van der Waals surface area contributed by atoms with Crippen LogP contribution >= 0.6 is 0 Å². The number of rotatable bonds is 3. The fraction of sp³-hybridized carbons (Fsp3) is 0.231. The molecule has 88 valence electrons. The van der Waals surface area contributed by atoms with Crippen molar-refractivity contribution in [1.29, 1.82) is 0 Å². The molecule has 2 rings (SSSR count). The summed E-state index contributed by atoms with van der Waals surface area (Å²) in [5.41, 5.74) is 2.25. The van der Waals surface area contributed by atoms with Gasteiger partial charge in [0, 0.05) is 7.05 Å². The van der Waals surface area contributed by atoms with Gasteiger partial charge in [-0.3, -0.25) is 4.68 Å². The van der Waals surface area contributed by atoms with E-state index in [4.69, 9.17) is 4.74 Å². The topological polar surface area (TPSA) is 44.1 Å². The summed E-state index contributed by atoms with van der Waals surface area (Å²) in [4.78, 5) is 11.8. The maximum atomic E-state index is 11.8. The van der Waals surface area contributed by atoms with Crippen LogP contribution in [0.3, 0.4) is 0 Å². The Labute approximate surface area is 99.8 Å². The number of hydrogen-bond acceptors (Lipinski definition) is 3. The minimum absolute atomic E-state index is 0.282. The summed E-state index contributed by atoms with van der Waals surface area (Å²) in [7, 11) is 1.73. The highest BCUT2D eigenvalue weighted by Gasteiger charge is 2.12. The van der Waals surface area contributed by atoms with Crippen molar-refractivity contribution in [2.75, 3.05) is 0 Å². The second kappa shape index (κ2) is 4.82. The van der Waals surface area contributed by atoms with E-state index < -0.39 is 0 Å². The fourth-order valence-electron chi connectivity index (χ4n) is 1.60. The number of aromatic nitrogens is 2. The highest BCUT2D eigenvalue weighted by atomic mass is 16.5. The van der Waals surface area contributed by atoms with Gasteiger partial charge in [0.2, 0.25) is 0 Å². The van der Waals surface area contributed by atoms with Crippen LogP contribution in [0.2, 0.25) is 0 Å². The number of carbonyl (C=O) groups is 1. The second-order valence-electron chi connectivity index (χ2n) is 3.86. The number of carbonyl (C=O) groups excluding carboxylic acids is 1. The molecule has 0 aliphatic carbocycles. The first-order valence-electron chi connectivity index (χ1n) is 5.38. The summed E-state index contributed by atoms with van der Waals surface area (Å²) in [5, 5.41) is 4.10. The van der Waals surface area contributed by atoms with E-state index in [2.05, 4.69) is 5.10 Å². The van der Waals surface area contributed by atoms with Crippen LogP contribution in [-0.4, -0.2) is 15.7 Å². The van der Waals surface area contributed by atoms with Crippen LogP contribution in [0.1, 0.15) is 21.7 Å². The zero-order chi connectivity index (χ0) is 12.3. The molecule has 0 amide bonds. The van der Waals surface area contributed by atoms with E-state index in [1.165, 1.54) is 4.68 Å². The lowest BCUT2D eigenvalue weighted by atomic mass is 10.2. The van der Waals surface area contributed by atoms with Crippen LogP contribution in [0, 0.1) is 6.92 Å². The maximum absolute atomic E-state index is 11.8. The van der Waals surface area contributed by atoms with E-state index in [1.807, 2.05) is 37.3 Å². The Bertz CT molecular complexity index is 517. The molecule has 0 aliphatic heterocycles. The molecule has 0 aliphatic rings. The molecule has 0 saturated carbocycles. The normalized spacial score (nSPS) is 10.2. The van der Waals surface area contributed by atoms with Gasteiger partial charge in [-0.15, -0.1) is 0 Å². The maximum Gasteiger partial charge on any atom is 0.356 e. The number of benzene rings is 1. The molecule has 1 aromatic carbocycles. The quantitative estimate of drug-likeness (QED) is 0.758. The molecule has 0 fully saturated rings. The zero-order valence-corrected chi connectivity index (χ0v) is 9.88. The second-order valence-corrected chi connectivity index (χ2v) is 3.86.